The normalized spacial score (nSPS) is 10.9. The number of carboxylic acids is 2. The number of hydrogen-bond donors (Lipinski definition) is 2. The molecular formula is C15H16N2O4-2. The Morgan fingerprint density at radius 3 is 1.33 bits per heavy atom. The number of aromatic nitrogens is 2. The predicted molar refractivity (Wildman–Crippen MR) is 72.0 cm³/mol. The van der Waals surface area contributed by atoms with Crippen molar-refractivity contribution in [3.8, 4) is 0 Å². The van der Waals surface area contributed by atoms with Crippen LogP contribution in [0.25, 0.3) is 0 Å². The molecule has 2 heterocycles. The minimum Gasteiger partial charge on any atom is -0.543 e. The Hall–Kier alpha value is -2.50. The average molecular weight is 288 g/mol. The number of nitrogens with one attached hydrogen (secondary N) is 2. The first kappa shape index (κ1) is 14.9. The van der Waals surface area contributed by atoms with E-state index in [0.717, 1.165) is 22.5 Å². The summed E-state index contributed by atoms with van der Waals surface area (Å²) in [5.74, 6) is -2.51. The summed E-state index contributed by atoms with van der Waals surface area (Å²) >= 11 is 0. The van der Waals surface area contributed by atoms with Crippen molar-refractivity contribution in [2.75, 3.05) is 0 Å². The second kappa shape index (κ2) is 5.12. The van der Waals surface area contributed by atoms with Gasteiger partial charge in [0.25, 0.3) is 0 Å². The van der Waals surface area contributed by atoms with Gasteiger partial charge < -0.3 is 29.8 Å². The largest absolute Gasteiger partial charge is 0.543 e. The van der Waals surface area contributed by atoms with Crippen LogP contribution >= 0.6 is 0 Å². The molecule has 0 radical (unpaired) electrons. The van der Waals surface area contributed by atoms with E-state index >= 15 is 0 Å². The summed E-state index contributed by atoms with van der Waals surface area (Å²) in [7, 11) is 0. The zero-order valence-electron chi connectivity index (χ0n) is 12.3. The molecule has 2 N–H and O–H groups in total. The van der Waals surface area contributed by atoms with Crippen LogP contribution in [0.3, 0.4) is 0 Å². The van der Waals surface area contributed by atoms with Gasteiger partial charge >= 0.3 is 0 Å². The van der Waals surface area contributed by atoms with E-state index in [4.69, 9.17) is 0 Å². The Kier molecular flexibility index (Phi) is 3.63. The summed E-state index contributed by atoms with van der Waals surface area (Å²) in [5, 5.41) is 22.0. The fourth-order valence-electron chi connectivity index (χ4n) is 2.44. The van der Waals surface area contributed by atoms with Crippen LogP contribution in [0.1, 0.15) is 54.6 Å². The zero-order valence-corrected chi connectivity index (χ0v) is 12.3. The summed E-state index contributed by atoms with van der Waals surface area (Å²) in [6.07, 6.45) is 0.389. The molecule has 0 aliphatic heterocycles. The van der Waals surface area contributed by atoms with Crippen LogP contribution in [0.5, 0.6) is 0 Å². The van der Waals surface area contributed by atoms with E-state index in [1.54, 1.807) is 13.8 Å². The number of hydrogen-bond acceptors (Lipinski definition) is 4. The van der Waals surface area contributed by atoms with Gasteiger partial charge in [0.05, 0.1) is 23.3 Å². The van der Waals surface area contributed by atoms with Crippen molar-refractivity contribution in [3.63, 3.8) is 0 Å². The Bertz CT molecular complexity index is 675. The van der Waals surface area contributed by atoms with E-state index in [9.17, 15) is 19.8 Å². The SMILES string of the molecule is Cc1c(Cc2[nH]c(C(=O)[O-])c(C)c2C)[nH]c(C(=O)[O-])c1C. The summed E-state index contributed by atoms with van der Waals surface area (Å²) in [6.45, 7) is 7.05. The lowest BCUT2D eigenvalue weighted by atomic mass is 10.1. The van der Waals surface area contributed by atoms with Crippen LogP contribution in [0.2, 0.25) is 0 Å². The van der Waals surface area contributed by atoms with Gasteiger partial charge in [0.2, 0.25) is 0 Å². The van der Waals surface area contributed by atoms with E-state index in [-0.39, 0.29) is 11.4 Å². The highest BCUT2D eigenvalue weighted by Crippen LogP contribution is 2.23. The predicted octanol–water partition coefficient (Wildman–Crippen LogP) is -0.106. The molecule has 0 aliphatic rings. The third kappa shape index (κ3) is 2.44. The molecule has 6 nitrogen and oxygen atoms in total. The van der Waals surface area contributed by atoms with E-state index < -0.39 is 11.9 Å². The smallest absolute Gasteiger partial charge is 0.0880 e. The molecule has 2 rings (SSSR count). The number of carbonyl (C=O) groups excluding carboxylic acids is 2. The highest BCUT2D eigenvalue weighted by molar-refractivity contribution is 5.87. The molecule has 2 aromatic heterocycles. The topological polar surface area (TPSA) is 112 Å². The molecule has 21 heavy (non-hydrogen) atoms. The summed E-state index contributed by atoms with van der Waals surface area (Å²) in [5.41, 5.74) is 4.48. The summed E-state index contributed by atoms with van der Waals surface area (Å²) in [4.78, 5) is 27.7. The number of aromatic amines is 2. The average Bonchev–Trinajstić information content (AvgIpc) is 2.84. The lowest BCUT2D eigenvalue weighted by Crippen LogP contribution is -2.23. The van der Waals surface area contributed by atoms with Crippen molar-refractivity contribution in [1.29, 1.82) is 0 Å². The molecule has 0 bridgehead atoms. The maximum atomic E-state index is 11.0. The number of rotatable bonds is 4. The number of carboxylic acid groups (broad SMARTS) is 2. The van der Waals surface area contributed by atoms with Gasteiger partial charge in [-0.25, -0.2) is 0 Å². The third-order valence-corrected chi connectivity index (χ3v) is 4.09. The third-order valence-electron chi connectivity index (χ3n) is 4.09. The van der Waals surface area contributed by atoms with Crippen molar-refractivity contribution in [3.05, 3.63) is 45.0 Å². The Morgan fingerprint density at radius 1 is 0.762 bits per heavy atom. The molecule has 0 fully saturated rings. The minimum absolute atomic E-state index is 0.0588. The molecule has 2 aromatic rings. The molecule has 0 spiro atoms. The molecule has 0 saturated heterocycles. The van der Waals surface area contributed by atoms with Crippen molar-refractivity contribution in [2.45, 2.75) is 34.1 Å². The van der Waals surface area contributed by atoms with Gasteiger partial charge in [-0.05, 0) is 49.9 Å². The van der Waals surface area contributed by atoms with Gasteiger partial charge in [0.1, 0.15) is 0 Å². The zero-order chi connectivity index (χ0) is 15.9. The van der Waals surface area contributed by atoms with Crippen LogP contribution in [-0.2, 0) is 6.42 Å². The van der Waals surface area contributed by atoms with Crippen LogP contribution in [0.4, 0.5) is 0 Å². The van der Waals surface area contributed by atoms with Gasteiger partial charge in [-0.15, -0.1) is 0 Å². The van der Waals surface area contributed by atoms with Gasteiger partial charge in [-0.1, -0.05) is 0 Å². The minimum atomic E-state index is -1.25. The van der Waals surface area contributed by atoms with E-state index in [1.165, 1.54) is 0 Å². The molecule has 0 unspecified atom stereocenters. The Labute approximate surface area is 121 Å². The van der Waals surface area contributed by atoms with E-state index in [1.807, 2.05) is 13.8 Å². The van der Waals surface area contributed by atoms with Crippen molar-refractivity contribution in [2.24, 2.45) is 0 Å². The highest BCUT2D eigenvalue weighted by Gasteiger charge is 2.16. The van der Waals surface area contributed by atoms with Gasteiger partial charge in [-0.2, -0.15) is 0 Å². The molecule has 0 saturated carbocycles. The molecule has 0 aromatic carbocycles. The van der Waals surface area contributed by atoms with Crippen LogP contribution in [0.15, 0.2) is 0 Å². The Morgan fingerprint density at radius 2 is 1.10 bits per heavy atom. The summed E-state index contributed by atoms with van der Waals surface area (Å²) < 4.78 is 0. The molecule has 6 heteroatoms. The first-order chi connectivity index (χ1) is 9.73. The van der Waals surface area contributed by atoms with Gasteiger partial charge in [0, 0.05) is 17.8 Å². The standard InChI is InChI=1S/C15H18N2O4/c1-6-8(3)12(14(18)19)16-10(6)5-11-7(2)9(4)13(17-11)15(20)21/h16-17H,5H2,1-4H3,(H,18,19)(H,20,21)/p-2. The van der Waals surface area contributed by atoms with Gasteiger partial charge in [0.15, 0.2) is 0 Å². The Balaban J connectivity index is 2.44. The highest BCUT2D eigenvalue weighted by atomic mass is 16.4. The van der Waals surface area contributed by atoms with Crippen LogP contribution in [0, 0.1) is 27.7 Å². The van der Waals surface area contributed by atoms with Crippen molar-refractivity contribution in [1.82, 2.24) is 9.97 Å². The van der Waals surface area contributed by atoms with Crippen molar-refractivity contribution >= 4 is 11.9 Å². The second-order valence-corrected chi connectivity index (χ2v) is 5.21. The first-order valence-corrected chi connectivity index (χ1v) is 6.52. The van der Waals surface area contributed by atoms with E-state index in [0.29, 0.717) is 17.5 Å². The lowest BCUT2D eigenvalue weighted by Gasteiger charge is -2.02. The fourth-order valence-corrected chi connectivity index (χ4v) is 2.44. The number of H-pyrrole nitrogens is 2. The lowest BCUT2D eigenvalue weighted by molar-refractivity contribution is -0.256. The maximum absolute atomic E-state index is 11.0. The number of aromatic carboxylic acids is 2. The van der Waals surface area contributed by atoms with Crippen LogP contribution < -0.4 is 10.2 Å². The molecule has 0 aliphatic carbocycles. The van der Waals surface area contributed by atoms with Crippen LogP contribution in [-0.4, -0.2) is 21.9 Å². The fraction of sp³-hybridized carbons (Fsp3) is 0.333. The summed E-state index contributed by atoms with van der Waals surface area (Å²) in [6, 6.07) is 0. The quantitative estimate of drug-likeness (QED) is 0.817. The number of carbonyl (C=O) groups is 2. The van der Waals surface area contributed by atoms with Crippen molar-refractivity contribution < 1.29 is 19.8 Å². The monoisotopic (exact) mass is 288 g/mol. The molecule has 112 valence electrons. The molecular weight excluding hydrogens is 272 g/mol. The maximum Gasteiger partial charge on any atom is 0.0880 e. The first-order valence-electron chi connectivity index (χ1n) is 6.52. The van der Waals surface area contributed by atoms with E-state index in [2.05, 4.69) is 9.97 Å². The second-order valence-electron chi connectivity index (χ2n) is 5.21. The van der Waals surface area contributed by atoms with Gasteiger partial charge in [-0.3, -0.25) is 0 Å². The molecule has 0 atom stereocenters. The molecule has 0 amide bonds.